The van der Waals surface area contributed by atoms with Gasteiger partial charge in [-0.05, 0) is 31.0 Å². The summed E-state index contributed by atoms with van der Waals surface area (Å²) in [6.07, 6.45) is 1.04. The Morgan fingerprint density at radius 2 is 2.10 bits per heavy atom. The number of sulfonamides is 1. The molecular weight excluding hydrogens is 298 g/mol. The highest BCUT2D eigenvalue weighted by Gasteiger charge is 2.28. The van der Waals surface area contributed by atoms with E-state index < -0.39 is 15.3 Å². The molecule has 0 radical (unpaired) electrons. The third-order valence-electron chi connectivity index (χ3n) is 3.25. The Kier molecular flexibility index (Phi) is 3.53. The van der Waals surface area contributed by atoms with Crippen molar-refractivity contribution in [1.29, 1.82) is 0 Å². The molecule has 3 rings (SSSR count). The number of nitrogens with one attached hydrogen (secondary N) is 1. The lowest BCUT2D eigenvalue weighted by Gasteiger charge is -2.21. The zero-order valence-corrected chi connectivity index (χ0v) is 12.3. The van der Waals surface area contributed by atoms with Gasteiger partial charge in [-0.1, -0.05) is 11.3 Å². The summed E-state index contributed by atoms with van der Waals surface area (Å²) in [5.74, 6) is 0. The fourth-order valence-corrected chi connectivity index (χ4v) is 4.73. The normalized spacial score (nSPS) is 17.4. The maximum atomic E-state index is 12.3. The van der Waals surface area contributed by atoms with Crippen molar-refractivity contribution in [1.82, 2.24) is 4.98 Å². The van der Waals surface area contributed by atoms with E-state index in [1.54, 1.807) is 18.2 Å². The van der Waals surface area contributed by atoms with Crippen molar-refractivity contribution < 1.29 is 13.2 Å². The molecule has 6 nitrogen and oxygen atoms in total. The Labute approximate surface area is 121 Å². The van der Waals surface area contributed by atoms with Crippen molar-refractivity contribution in [3.05, 3.63) is 18.2 Å². The predicted octanol–water partition coefficient (Wildman–Crippen LogP) is 1.80. The number of thiazole rings is 1. The first-order chi connectivity index (χ1) is 9.54. The van der Waals surface area contributed by atoms with E-state index in [-0.39, 0.29) is 0 Å². The van der Waals surface area contributed by atoms with Crippen LogP contribution < -0.4 is 10.5 Å². The van der Waals surface area contributed by atoms with Crippen LogP contribution in [0, 0.1) is 0 Å². The molecule has 1 aliphatic rings. The second-order valence-electron chi connectivity index (χ2n) is 4.70. The van der Waals surface area contributed by atoms with Gasteiger partial charge in [0.05, 0.1) is 15.5 Å². The first kappa shape index (κ1) is 13.6. The molecule has 0 spiro atoms. The topological polar surface area (TPSA) is 94.3 Å². The van der Waals surface area contributed by atoms with Crippen LogP contribution in [-0.2, 0) is 14.8 Å². The van der Waals surface area contributed by atoms with Gasteiger partial charge in [0.2, 0.25) is 10.0 Å². The van der Waals surface area contributed by atoms with Gasteiger partial charge in [0.15, 0.2) is 5.13 Å². The quantitative estimate of drug-likeness (QED) is 0.843. The molecule has 3 N–H and O–H groups in total. The monoisotopic (exact) mass is 313 g/mol. The Hall–Kier alpha value is -1.38. The molecule has 20 heavy (non-hydrogen) atoms. The Morgan fingerprint density at radius 3 is 2.85 bits per heavy atom. The minimum Gasteiger partial charge on any atom is -0.399 e. The zero-order chi connectivity index (χ0) is 14.2. The summed E-state index contributed by atoms with van der Waals surface area (Å²) in [6, 6.07) is 5.32. The molecule has 0 atom stereocenters. The second kappa shape index (κ2) is 5.19. The number of ether oxygens (including phenoxy) is 1. The molecule has 0 aliphatic carbocycles. The molecule has 0 amide bonds. The van der Waals surface area contributed by atoms with Crippen molar-refractivity contribution in [2.75, 3.05) is 23.7 Å². The highest BCUT2D eigenvalue weighted by Crippen LogP contribution is 2.29. The minimum absolute atomic E-state index is 0.386. The number of nitrogens with zero attached hydrogens (tertiary/aromatic N) is 1. The van der Waals surface area contributed by atoms with Gasteiger partial charge < -0.3 is 10.5 Å². The average Bonchev–Trinajstić information content (AvgIpc) is 2.80. The maximum Gasteiger partial charge on any atom is 0.237 e. The summed E-state index contributed by atoms with van der Waals surface area (Å²) in [5.41, 5.74) is 7.09. The van der Waals surface area contributed by atoms with Crippen LogP contribution in [0.1, 0.15) is 12.8 Å². The summed E-state index contributed by atoms with van der Waals surface area (Å²) in [5, 5.41) is -0.0228. The summed E-state index contributed by atoms with van der Waals surface area (Å²) in [4.78, 5) is 4.28. The Bertz CT molecular complexity index is 721. The van der Waals surface area contributed by atoms with Crippen LogP contribution in [0.4, 0.5) is 10.8 Å². The van der Waals surface area contributed by atoms with Crippen molar-refractivity contribution in [3.8, 4) is 0 Å². The lowest BCUT2D eigenvalue weighted by Crippen LogP contribution is -2.33. The molecule has 108 valence electrons. The Morgan fingerprint density at radius 1 is 1.35 bits per heavy atom. The highest BCUT2D eigenvalue weighted by atomic mass is 32.2. The SMILES string of the molecule is Nc1ccc2nc(NS(=O)(=O)C3CCOCC3)sc2c1. The van der Waals surface area contributed by atoms with Crippen molar-refractivity contribution in [3.63, 3.8) is 0 Å². The summed E-state index contributed by atoms with van der Waals surface area (Å²) in [6.45, 7) is 0.976. The number of benzene rings is 1. The van der Waals surface area contributed by atoms with Crippen LogP contribution in [0.15, 0.2) is 18.2 Å². The van der Waals surface area contributed by atoms with Crippen LogP contribution in [0.5, 0.6) is 0 Å². The number of hydrogen-bond acceptors (Lipinski definition) is 6. The first-order valence-electron chi connectivity index (χ1n) is 6.30. The number of hydrogen-bond donors (Lipinski definition) is 2. The van der Waals surface area contributed by atoms with Crippen LogP contribution in [0.25, 0.3) is 10.2 Å². The standard InChI is InChI=1S/C12H15N3O3S2/c13-8-1-2-10-11(7-8)19-12(14-10)15-20(16,17)9-3-5-18-6-4-9/h1-2,7,9H,3-6,13H2,(H,14,15). The molecular formula is C12H15N3O3S2. The predicted molar refractivity (Wildman–Crippen MR) is 80.4 cm³/mol. The zero-order valence-electron chi connectivity index (χ0n) is 10.7. The highest BCUT2D eigenvalue weighted by molar-refractivity contribution is 7.93. The van der Waals surface area contributed by atoms with E-state index in [0.29, 0.717) is 36.9 Å². The molecule has 1 aliphatic heterocycles. The lowest BCUT2D eigenvalue weighted by molar-refractivity contribution is 0.0984. The molecule has 0 bridgehead atoms. The van der Waals surface area contributed by atoms with Gasteiger partial charge in [-0.15, -0.1) is 0 Å². The molecule has 1 aromatic heterocycles. The summed E-state index contributed by atoms with van der Waals surface area (Å²) in [7, 11) is -3.41. The van der Waals surface area contributed by atoms with Crippen LogP contribution in [0.2, 0.25) is 0 Å². The van der Waals surface area contributed by atoms with Crippen LogP contribution in [0.3, 0.4) is 0 Å². The van der Waals surface area contributed by atoms with Crippen molar-refractivity contribution in [2.45, 2.75) is 18.1 Å². The number of nitrogens with two attached hydrogens (primary N) is 1. The van der Waals surface area contributed by atoms with Crippen molar-refractivity contribution in [2.24, 2.45) is 0 Å². The third kappa shape index (κ3) is 2.72. The van der Waals surface area contributed by atoms with Crippen LogP contribution in [-0.4, -0.2) is 31.9 Å². The van der Waals surface area contributed by atoms with Gasteiger partial charge in [0.25, 0.3) is 0 Å². The number of rotatable bonds is 3. The van der Waals surface area contributed by atoms with Gasteiger partial charge in [0, 0.05) is 18.9 Å². The van der Waals surface area contributed by atoms with E-state index in [9.17, 15) is 8.42 Å². The lowest BCUT2D eigenvalue weighted by atomic mass is 10.2. The molecule has 1 aromatic carbocycles. The van der Waals surface area contributed by atoms with E-state index >= 15 is 0 Å². The Balaban J connectivity index is 1.84. The summed E-state index contributed by atoms with van der Waals surface area (Å²) < 4.78 is 33.2. The van der Waals surface area contributed by atoms with E-state index in [0.717, 1.165) is 10.2 Å². The van der Waals surface area contributed by atoms with Gasteiger partial charge in [-0.2, -0.15) is 0 Å². The van der Waals surface area contributed by atoms with Crippen molar-refractivity contribution >= 4 is 42.4 Å². The van der Waals surface area contributed by atoms with E-state index in [1.165, 1.54) is 11.3 Å². The maximum absolute atomic E-state index is 12.3. The van der Waals surface area contributed by atoms with Crippen LogP contribution >= 0.6 is 11.3 Å². The van der Waals surface area contributed by atoms with Gasteiger partial charge in [0.1, 0.15) is 0 Å². The fraction of sp³-hybridized carbons (Fsp3) is 0.417. The number of nitrogen functional groups attached to an aromatic ring is 1. The molecule has 2 heterocycles. The fourth-order valence-electron chi connectivity index (χ4n) is 2.18. The molecule has 1 saturated heterocycles. The molecule has 0 unspecified atom stereocenters. The molecule has 0 saturated carbocycles. The number of anilines is 2. The van der Waals surface area contributed by atoms with E-state index in [1.807, 2.05) is 0 Å². The average molecular weight is 313 g/mol. The van der Waals surface area contributed by atoms with E-state index in [4.69, 9.17) is 10.5 Å². The largest absolute Gasteiger partial charge is 0.399 e. The smallest absolute Gasteiger partial charge is 0.237 e. The van der Waals surface area contributed by atoms with Gasteiger partial charge in [-0.3, -0.25) is 4.72 Å². The molecule has 8 heteroatoms. The first-order valence-corrected chi connectivity index (χ1v) is 8.66. The number of aromatic nitrogens is 1. The molecule has 1 fully saturated rings. The molecule has 2 aromatic rings. The van der Waals surface area contributed by atoms with Gasteiger partial charge >= 0.3 is 0 Å². The van der Waals surface area contributed by atoms with Gasteiger partial charge in [-0.25, -0.2) is 13.4 Å². The summed E-state index contributed by atoms with van der Waals surface area (Å²) >= 11 is 1.29. The minimum atomic E-state index is -3.41. The second-order valence-corrected chi connectivity index (χ2v) is 7.70. The van der Waals surface area contributed by atoms with E-state index in [2.05, 4.69) is 9.71 Å². The number of fused-ring (bicyclic) bond motifs is 1. The third-order valence-corrected chi connectivity index (χ3v) is 6.14.